The normalized spacial score (nSPS) is 16.6. The maximum Gasteiger partial charge on any atom is 0.279 e. The summed E-state index contributed by atoms with van der Waals surface area (Å²) in [4.78, 5) is 35.9. The van der Waals surface area contributed by atoms with Gasteiger partial charge in [-0.05, 0) is 25.1 Å². The van der Waals surface area contributed by atoms with E-state index in [-0.39, 0.29) is 39.0 Å². The number of anilines is 1. The molecule has 0 spiro atoms. The Morgan fingerprint density at radius 3 is 2.84 bits per heavy atom. The summed E-state index contributed by atoms with van der Waals surface area (Å²) in [6.07, 6.45) is 3.07. The fourth-order valence-corrected chi connectivity index (χ4v) is 3.86. The fourth-order valence-electron chi connectivity index (χ4n) is 3.70. The van der Waals surface area contributed by atoms with E-state index in [9.17, 15) is 9.18 Å². The average Bonchev–Trinajstić information content (AvgIpc) is 3.33. The van der Waals surface area contributed by atoms with E-state index in [4.69, 9.17) is 16.3 Å². The van der Waals surface area contributed by atoms with Crippen LogP contribution in [-0.2, 0) is 11.8 Å². The van der Waals surface area contributed by atoms with Gasteiger partial charge >= 0.3 is 0 Å². The van der Waals surface area contributed by atoms with Crippen molar-refractivity contribution in [3.05, 3.63) is 63.4 Å². The molecule has 11 heteroatoms. The van der Waals surface area contributed by atoms with Crippen molar-refractivity contribution in [1.29, 1.82) is 0 Å². The number of hydrogen-bond donors (Lipinski definition) is 1. The van der Waals surface area contributed by atoms with Gasteiger partial charge in [0.25, 0.3) is 5.56 Å². The lowest BCUT2D eigenvalue weighted by Crippen LogP contribution is -2.40. The summed E-state index contributed by atoms with van der Waals surface area (Å²) in [7, 11) is 1.62. The number of morpholine rings is 1. The van der Waals surface area contributed by atoms with Crippen LogP contribution in [0.15, 0.2) is 35.4 Å². The first-order valence-corrected chi connectivity index (χ1v) is 10.4. The van der Waals surface area contributed by atoms with Gasteiger partial charge in [-0.1, -0.05) is 11.6 Å². The molecule has 1 aliphatic heterocycles. The van der Waals surface area contributed by atoms with Crippen LogP contribution in [0.3, 0.4) is 0 Å². The maximum atomic E-state index is 14.9. The van der Waals surface area contributed by atoms with Crippen LogP contribution in [0.5, 0.6) is 0 Å². The van der Waals surface area contributed by atoms with Gasteiger partial charge in [0, 0.05) is 36.6 Å². The predicted molar refractivity (Wildman–Crippen MR) is 117 cm³/mol. The van der Waals surface area contributed by atoms with Gasteiger partial charge in [0.05, 0.1) is 13.2 Å². The van der Waals surface area contributed by atoms with Crippen LogP contribution in [0.4, 0.5) is 10.3 Å². The van der Waals surface area contributed by atoms with Crippen molar-refractivity contribution < 1.29 is 9.13 Å². The summed E-state index contributed by atoms with van der Waals surface area (Å²) in [5, 5.41) is 0.263. The number of aromatic amines is 1. The topological polar surface area (TPSA) is 102 Å². The van der Waals surface area contributed by atoms with Crippen molar-refractivity contribution in [2.24, 2.45) is 7.05 Å². The number of nitrogens with one attached hydrogen (secondary N) is 1. The van der Waals surface area contributed by atoms with E-state index >= 15 is 0 Å². The van der Waals surface area contributed by atoms with Crippen molar-refractivity contribution in [3.63, 3.8) is 0 Å². The largest absolute Gasteiger partial charge is 0.367 e. The average molecular weight is 456 g/mol. The number of rotatable bonds is 3. The van der Waals surface area contributed by atoms with E-state index in [0.29, 0.717) is 37.3 Å². The molecule has 0 saturated carbocycles. The molecule has 1 aromatic carbocycles. The van der Waals surface area contributed by atoms with Crippen LogP contribution in [0, 0.1) is 12.7 Å². The quantitative estimate of drug-likeness (QED) is 0.506. The molecule has 0 aliphatic carbocycles. The number of halogens is 2. The zero-order valence-electron chi connectivity index (χ0n) is 17.3. The third-order valence-electron chi connectivity index (χ3n) is 5.50. The lowest BCUT2D eigenvalue weighted by molar-refractivity contribution is 0.0340. The Morgan fingerprint density at radius 1 is 1.25 bits per heavy atom. The number of aryl methyl sites for hydroxylation is 1. The third kappa shape index (κ3) is 3.51. The monoisotopic (exact) mass is 455 g/mol. The first-order valence-electron chi connectivity index (χ1n) is 9.99. The highest BCUT2D eigenvalue weighted by Crippen LogP contribution is 2.31. The highest BCUT2D eigenvalue weighted by molar-refractivity contribution is 6.30. The SMILES string of the molecule is Cc1nc2c(-c3ccc(Cl)cc3F)nc(N3CCOC(c4ncc[nH]4)C3)nc2c(=O)n1C. The summed E-state index contributed by atoms with van der Waals surface area (Å²) in [5.74, 6) is 0.898. The molecule has 164 valence electrons. The summed E-state index contributed by atoms with van der Waals surface area (Å²) in [6, 6.07) is 4.31. The van der Waals surface area contributed by atoms with Crippen molar-refractivity contribution in [2.45, 2.75) is 13.0 Å². The second kappa shape index (κ2) is 7.95. The van der Waals surface area contributed by atoms with Gasteiger partial charge < -0.3 is 14.6 Å². The van der Waals surface area contributed by atoms with Gasteiger partial charge in [0.1, 0.15) is 34.8 Å². The Morgan fingerprint density at radius 2 is 2.09 bits per heavy atom. The molecule has 1 aliphatic rings. The number of hydrogen-bond acceptors (Lipinski definition) is 7. The molecule has 4 heterocycles. The van der Waals surface area contributed by atoms with Crippen LogP contribution >= 0.6 is 11.6 Å². The Labute approximate surface area is 186 Å². The Kier molecular flexibility index (Phi) is 5.10. The summed E-state index contributed by atoms with van der Waals surface area (Å²) >= 11 is 5.94. The first-order chi connectivity index (χ1) is 15.4. The van der Waals surface area contributed by atoms with Crippen molar-refractivity contribution >= 4 is 28.6 Å². The maximum absolute atomic E-state index is 14.9. The van der Waals surface area contributed by atoms with E-state index < -0.39 is 5.82 Å². The van der Waals surface area contributed by atoms with Gasteiger partial charge in [-0.2, -0.15) is 0 Å². The molecular weight excluding hydrogens is 437 g/mol. The van der Waals surface area contributed by atoms with E-state index in [2.05, 4.69) is 24.9 Å². The van der Waals surface area contributed by atoms with Gasteiger partial charge in [-0.25, -0.2) is 24.3 Å². The van der Waals surface area contributed by atoms with E-state index in [0.717, 1.165) is 0 Å². The van der Waals surface area contributed by atoms with Crippen molar-refractivity contribution in [2.75, 3.05) is 24.6 Å². The van der Waals surface area contributed by atoms with Crippen LogP contribution in [0.1, 0.15) is 17.8 Å². The van der Waals surface area contributed by atoms with Crippen LogP contribution < -0.4 is 10.5 Å². The van der Waals surface area contributed by atoms with Gasteiger partial charge in [0.15, 0.2) is 5.52 Å². The summed E-state index contributed by atoms with van der Waals surface area (Å²) < 4.78 is 22.1. The summed E-state index contributed by atoms with van der Waals surface area (Å²) in [6.45, 7) is 3.04. The molecule has 0 radical (unpaired) electrons. The minimum absolute atomic E-state index is 0.119. The van der Waals surface area contributed by atoms with E-state index in [1.54, 1.807) is 32.4 Å². The predicted octanol–water partition coefficient (Wildman–Crippen LogP) is 2.79. The Balaban J connectivity index is 1.69. The molecule has 9 nitrogen and oxygen atoms in total. The lowest BCUT2D eigenvalue weighted by Gasteiger charge is -2.32. The molecule has 1 atom stereocenters. The number of nitrogens with zero attached hydrogens (tertiary/aromatic N) is 6. The minimum Gasteiger partial charge on any atom is -0.367 e. The Bertz CT molecular complexity index is 1370. The van der Waals surface area contributed by atoms with E-state index in [1.165, 1.54) is 16.7 Å². The molecule has 0 bridgehead atoms. The number of ether oxygens (including phenoxy) is 1. The fraction of sp³-hybridized carbons (Fsp3) is 0.286. The minimum atomic E-state index is -0.556. The standard InChI is InChI=1S/C21H19ClFN7O2/c1-11-26-17-16(13-4-3-12(22)9-14(13)23)27-21(28-18(17)20(31)29(11)2)30-7-8-32-15(10-30)19-24-5-6-25-19/h3-6,9,15H,7-8,10H2,1-2H3,(H,24,25). The second-order valence-corrected chi connectivity index (χ2v) is 7.93. The van der Waals surface area contributed by atoms with E-state index in [1.807, 2.05) is 4.90 Å². The smallest absolute Gasteiger partial charge is 0.279 e. The molecule has 1 N–H and O–H groups in total. The van der Waals surface area contributed by atoms with Crippen LogP contribution in [0.25, 0.3) is 22.3 Å². The molecular formula is C21H19ClFN7O2. The second-order valence-electron chi connectivity index (χ2n) is 7.50. The Hall–Kier alpha value is -3.37. The number of imidazole rings is 1. The molecule has 1 saturated heterocycles. The molecule has 1 unspecified atom stereocenters. The molecule has 32 heavy (non-hydrogen) atoms. The van der Waals surface area contributed by atoms with Gasteiger partial charge in [-0.15, -0.1) is 0 Å². The molecule has 4 aromatic rings. The highest BCUT2D eigenvalue weighted by Gasteiger charge is 2.27. The van der Waals surface area contributed by atoms with Crippen LogP contribution in [-0.4, -0.2) is 49.2 Å². The first kappa shape index (κ1) is 20.5. The van der Waals surface area contributed by atoms with Crippen molar-refractivity contribution in [1.82, 2.24) is 29.5 Å². The van der Waals surface area contributed by atoms with Gasteiger partial charge in [0.2, 0.25) is 5.95 Å². The zero-order valence-corrected chi connectivity index (χ0v) is 18.1. The third-order valence-corrected chi connectivity index (χ3v) is 5.73. The highest BCUT2D eigenvalue weighted by atomic mass is 35.5. The molecule has 5 rings (SSSR count). The number of aromatic nitrogens is 6. The van der Waals surface area contributed by atoms with Crippen molar-refractivity contribution in [3.8, 4) is 11.3 Å². The molecule has 0 amide bonds. The number of H-pyrrole nitrogens is 1. The molecule has 3 aromatic heterocycles. The zero-order chi connectivity index (χ0) is 22.4. The van der Waals surface area contributed by atoms with Crippen LogP contribution in [0.2, 0.25) is 5.02 Å². The molecule has 1 fully saturated rings. The number of fused-ring (bicyclic) bond motifs is 1. The summed E-state index contributed by atoms with van der Waals surface area (Å²) in [5.41, 5.74) is 0.461. The lowest BCUT2D eigenvalue weighted by atomic mass is 10.1. The number of benzene rings is 1. The van der Waals surface area contributed by atoms with Gasteiger partial charge in [-0.3, -0.25) is 9.36 Å².